The van der Waals surface area contributed by atoms with Gasteiger partial charge in [-0.25, -0.2) is 4.79 Å². The number of amides is 3. The number of carbonyl (C=O) groups excluding carboxylic acids is 2. The molecule has 3 amide bonds. The van der Waals surface area contributed by atoms with Crippen molar-refractivity contribution in [2.45, 2.75) is 25.8 Å². The number of benzene rings is 1. The smallest absolute Gasteiger partial charge is 0.319 e. The number of hydrogen-bond acceptors (Lipinski definition) is 3. The molecule has 3 N–H and O–H groups in total. The maximum Gasteiger partial charge on any atom is 0.319 e. The van der Waals surface area contributed by atoms with Crippen LogP contribution in [-0.2, 0) is 0 Å². The van der Waals surface area contributed by atoms with Crippen molar-refractivity contribution >= 4 is 29.2 Å². The van der Waals surface area contributed by atoms with Crippen LogP contribution in [-0.4, -0.2) is 49.6 Å². The second kappa shape index (κ2) is 8.17. The maximum absolute atomic E-state index is 12.1. The van der Waals surface area contributed by atoms with E-state index >= 15 is 0 Å². The van der Waals surface area contributed by atoms with Gasteiger partial charge >= 0.3 is 6.03 Å². The second-order valence-electron chi connectivity index (χ2n) is 5.72. The molecule has 0 heterocycles. The van der Waals surface area contributed by atoms with Crippen LogP contribution in [0.3, 0.4) is 0 Å². The van der Waals surface area contributed by atoms with Gasteiger partial charge in [0.1, 0.15) is 0 Å². The molecule has 23 heavy (non-hydrogen) atoms. The molecule has 0 saturated heterocycles. The van der Waals surface area contributed by atoms with Crippen molar-refractivity contribution in [2.24, 2.45) is 0 Å². The third-order valence-electron chi connectivity index (χ3n) is 3.70. The first-order valence-corrected chi connectivity index (χ1v) is 8.21. The molecule has 0 unspecified atom stereocenters. The summed E-state index contributed by atoms with van der Waals surface area (Å²) in [5.41, 5.74) is 0.916. The molecule has 1 saturated carbocycles. The lowest BCUT2D eigenvalue weighted by Crippen LogP contribution is -2.35. The molecule has 0 atom stereocenters. The zero-order valence-electron chi connectivity index (χ0n) is 13.5. The van der Waals surface area contributed by atoms with Gasteiger partial charge in [0, 0.05) is 24.8 Å². The van der Waals surface area contributed by atoms with Crippen LogP contribution >= 0.6 is 11.6 Å². The molecule has 1 aliphatic carbocycles. The Bertz CT molecular complexity index is 575. The van der Waals surface area contributed by atoms with Crippen LogP contribution in [0.25, 0.3) is 0 Å². The van der Waals surface area contributed by atoms with Crippen molar-refractivity contribution in [1.29, 1.82) is 0 Å². The first kappa shape index (κ1) is 17.6. The third kappa shape index (κ3) is 5.73. The summed E-state index contributed by atoms with van der Waals surface area (Å²) in [4.78, 5) is 26.1. The van der Waals surface area contributed by atoms with Crippen molar-refractivity contribution in [3.63, 3.8) is 0 Å². The summed E-state index contributed by atoms with van der Waals surface area (Å²) in [5, 5.41) is 8.76. The normalized spacial score (nSPS) is 13.7. The van der Waals surface area contributed by atoms with Crippen LogP contribution in [0.2, 0.25) is 5.02 Å². The Morgan fingerprint density at radius 1 is 1.35 bits per heavy atom. The molecule has 0 bridgehead atoms. The number of carbonyl (C=O) groups is 2. The Hall–Kier alpha value is -1.79. The molecule has 1 fully saturated rings. The van der Waals surface area contributed by atoms with E-state index in [9.17, 15) is 9.59 Å². The van der Waals surface area contributed by atoms with E-state index in [1.165, 1.54) is 0 Å². The van der Waals surface area contributed by atoms with Crippen molar-refractivity contribution in [3.8, 4) is 0 Å². The molecule has 126 valence electrons. The average molecular weight is 339 g/mol. The lowest BCUT2D eigenvalue weighted by molar-refractivity contribution is 0.0951. The highest BCUT2D eigenvalue weighted by molar-refractivity contribution is 6.34. The van der Waals surface area contributed by atoms with E-state index in [2.05, 4.69) is 27.8 Å². The van der Waals surface area contributed by atoms with E-state index in [1.807, 2.05) is 7.05 Å². The van der Waals surface area contributed by atoms with E-state index in [-0.39, 0.29) is 18.0 Å². The molecule has 1 aliphatic rings. The minimum Gasteiger partial charge on any atom is -0.349 e. The van der Waals surface area contributed by atoms with Gasteiger partial charge in [-0.05, 0) is 44.6 Å². The topological polar surface area (TPSA) is 73.5 Å². The lowest BCUT2D eigenvalue weighted by atomic mass is 10.2. The molecule has 1 aromatic rings. The summed E-state index contributed by atoms with van der Waals surface area (Å²) in [5.74, 6) is -0.203. The summed E-state index contributed by atoms with van der Waals surface area (Å²) in [6.07, 6.45) is 2.02. The van der Waals surface area contributed by atoms with Crippen LogP contribution in [0.1, 0.15) is 30.1 Å². The molecule has 0 radical (unpaired) electrons. The molecular weight excluding hydrogens is 316 g/mol. The highest BCUT2D eigenvalue weighted by Gasteiger charge is 2.24. The van der Waals surface area contributed by atoms with Crippen molar-refractivity contribution < 1.29 is 9.59 Å². The summed E-state index contributed by atoms with van der Waals surface area (Å²) in [6.45, 7) is 4.32. The van der Waals surface area contributed by atoms with Gasteiger partial charge in [0.15, 0.2) is 0 Å². The van der Waals surface area contributed by atoms with Gasteiger partial charge in [0.05, 0.1) is 10.6 Å². The van der Waals surface area contributed by atoms with E-state index in [1.54, 1.807) is 18.2 Å². The van der Waals surface area contributed by atoms with Crippen molar-refractivity contribution in [2.75, 3.05) is 32.0 Å². The Labute approximate surface area is 141 Å². The van der Waals surface area contributed by atoms with Gasteiger partial charge in [-0.2, -0.15) is 0 Å². The standard InChI is InChI=1S/C16H23ClN4O2/c1-3-21(2)9-8-18-16(23)20-12-6-7-14(17)13(10-12)15(22)19-11-4-5-11/h6-7,10-11H,3-5,8-9H2,1-2H3,(H,19,22)(H2,18,20,23). The zero-order chi connectivity index (χ0) is 16.8. The maximum atomic E-state index is 12.1. The average Bonchev–Trinajstić information content (AvgIpc) is 3.32. The molecular formula is C16H23ClN4O2. The van der Waals surface area contributed by atoms with Crippen LogP contribution in [0.15, 0.2) is 18.2 Å². The Morgan fingerprint density at radius 2 is 2.09 bits per heavy atom. The largest absolute Gasteiger partial charge is 0.349 e. The Kier molecular flexibility index (Phi) is 6.24. The summed E-state index contributed by atoms with van der Waals surface area (Å²) >= 11 is 6.07. The van der Waals surface area contributed by atoms with Gasteiger partial charge in [-0.15, -0.1) is 0 Å². The van der Waals surface area contributed by atoms with Gasteiger partial charge in [-0.3, -0.25) is 4.79 Å². The predicted octanol–water partition coefficient (Wildman–Crippen LogP) is 2.31. The SMILES string of the molecule is CCN(C)CCNC(=O)Nc1ccc(Cl)c(C(=O)NC2CC2)c1. The minimum absolute atomic E-state index is 0.203. The van der Waals surface area contributed by atoms with Crippen LogP contribution < -0.4 is 16.0 Å². The van der Waals surface area contributed by atoms with Crippen molar-refractivity contribution in [1.82, 2.24) is 15.5 Å². The summed E-state index contributed by atoms with van der Waals surface area (Å²) in [7, 11) is 1.99. The van der Waals surface area contributed by atoms with Crippen molar-refractivity contribution in [3.05, 3.63) is 28.8 Å². The van der Waals surface area contributed by atoms with Crippen LogP contribution in [0, 0.1) is 0 Å². The number of nitrogens with zero attached hydrogens (tertiary/aromatic N) is 1. The molecule has 0 aliphatic heterocycles. The van der Waals surface area contributed by atoms with E-state index in [0.29, 0.717) is 22.8 Å². The monoisotopic (exact) mass is 338 g/mol. The highest BCUT2D eigenvalue weighted by atomic mass is 35.5. The molecule has 6 nitrogen and oxygen atoms in total. The molecule has 0 spiro atoms. The molecule has 0 aromatic heterocycles. The minimum atomic E-state index is -0.301. The Morgan fingerprint density at radius 3 is 2.74 bits per heavy atom. The first-order chi connectivity index (χ1) is 11.0. The Balaban J connectivity index is 1.89. The van der Waals surface area contributed by atoms with E-state index < -0.39 is 0 Å². The third-order valence-corrected chi connectivity index (χ3v) is 4.03. The van der Waals surface area contributed by atoms with Gasteiger partial charge in [0.2, 0.25) is 0 Å². The summed E-state index contributed by atoms with van der Waals surface area (Å²) < 4.78 is 0. The van der Waals surface area contributed by atoms with Crippen LogP contribution in [0.4, 0.5) is 10.5 Å². The molecule has 1 aromatic carbocycles. The highest BCUT2D eigenvalue weighted by Crippen LogP contribution is 2.23. The fourth-order valence-electron chi connectivity index (χ4n) is 1.96. The molecule has 7 heteroatoms. The number of nitrogens with one attached hydrogen (secondary N) is 3. The summed E-state index contributed by atoms with van der Waals surface area (Å²) in [6, 6.07) is 4.84. The zero-order valence-corrected chi connectivity index (χ0v) is 14.2. The van der Waals surface area contributed by atoms with Crippen LogP contribution in [0.5, 0.6) is 0 Å². The van der Waals surface area contributed by atoms with Gasteiger partial charge in [0.25, 0.3) is 5.91 Å². The molecule has 2 rings (SSSR count). The fraction of sp³-hybridized carbons (Fsp3) is 0.500. The number of rotatable bonds is 7. The van der Waals surface area contributed by atoms with Gasteiger partial charge in [-0.1, -0.05) is 18.5 Å². The number of likely N-dealkylation sites (N-methyl/N-ethyl adjacent to an activating group) is 1. The van der Waals surface area contributed by atoms with Gasteiger partial charge < -0.3 is 20.9 Å². The number of anilines is 1. The quantitative estimate of drug-likeness (QED) is 0.714. The number of halogens is 1. The predicted molar refractivity (Wildman–Crippen MR) is 92.1 cm³/mol. The second-order valence-corrected chi connectivity index (χ2v) is 6.13. The first-order valence-electron chi connectivity index (χ1n) is 7.83. The van der Waals surface area contributed by atoms with E-state index in [4.69, 9.17) is 11.6 Å². The lowest BCUT2D eigenvalue weighted by Gasteiger charge is -2.14. The number of hydrogen-bond donors (Lipinski definition) is 3. The van der Waals surface area contributed by atoms with E-state index in [0.717, 1.165) is 25.9 Å². The number of urea groups is 1. The fourth-order valence-corrected chi connectivity index (χ4v) is 2.16.